The van der Waals surface area contributed by atoms with E-state index in [-0.39, 0.29) is 25.9 Å². The first kappa shape index (κ1) is 18.1. The molecule has 2 aliphatic rings. The topological polar surface area (TPSA) is 82.1 Å². The largest absolute Gasteiger partial charge is 0.391 e. The molecule has 0 aromatic heterocycles. The van der Waals surface area contributed by atoms with Crippen molar-refractivity contribution >= 4 is 10.1 Å². The van der Waals surface area contributed by atoms with Crippen LogP contribution in [0.15, 0.2) is 0 Å². The second-order valence-corrected chi connectivity index (χ2v) is 8.31. The highest BCUT2D eigenvalue weighted by atomic mass is 32.2. The maximum atomic E-state index is 12.2. The summed E-state index contributed by atoms with van der Waals surface area (Å²) in [5, 5.41) is 10.1. The molecule has 2 rings (SSSR count). The summed E-state index contributed by atoms with van der Waals surface area (Å²) in [6.07, 6.45) is 4.75. The monoisotopic (exact) mass is 336 g/mol. The fourth-order valence-electron chi connectivity index (χ4n) is 2.68. The molecule has 2 atom stereocenters. The first-order chi connectivity index (χ1) is 10.5. The summed E-state index contributed by atoms with van der Waals surface area (Å²) in [7, 11) is -3.61. The Bertz CT molecular complexity index is 425. The Hall–Kier alpha value is -0.210. The number of hydrogen-bond donors (Lipinski definition) is 1. The second kappa shape index (κ2) is 8.06. The number of aliphatic hydroxyl groups is 1. The first-order valence-corrected chi connectivity index (χ1v) is 9.70. The standard InChI is InChI=1S/C15H28O6S/c1-2-3-10-21-22(17,18)15(7-8-15)11-13(16)12-20-14-6-4-5-9-19-14/h13-14,16H,2-12H2,1H3/t13-,14+/m0/s1. The zero-order chi connectivity index (χ0) is 16.1. The van der Waals surface area contributed by atoms with Gasteiger partial charge in [-0.1, -0.05) is 13.3 Å². The summed E-state index contributed by atoms with van der Waals surface area (Å²) in [4.78, 5) is 0. The van der Waals surface area contributed by atoms with Gasteiger partial charge in [0.05, 0.1) is 19.3 Å². The molecule has 1 heterocycles. The normalized spacial score (nSPS) is 25.8. The van der Waals surface area contributed by atoms with Crippen LogP contribution in [-0.2, 0) is 23.8 Å². The second-order valence-electron chi connectivity index (χ2n) is 6.30. The summed E-state index contributed by atoms with van der Waals surface area (Å²) >= 11 is 0. The van der Waals surface area contributed by atoms with E-state index in [9.17, 15) is 13.5 Å². The average Bonchev–Trinajstić information content (AvgIpc) is 3.28. The molecule has 0 aromatic rings. The minimum atomic E-state index is -3.61. The number of ether oxygens (including phenoxy) is 2. The molecular weight excluding hydrogens is 308 g/mol. The average molecular weight is 336 g/mol. The van der Waals surface area contributed by atoms with Crippen LogP contribution in [0.25, 0.3) is 0 Å². The predicted octanol–water partition coefficient (Wildman–Crippen LogP) is 1.96. The highest BCUT2D eigenvalue weighted by Gasteiger charge is 2.56. The lowest BCUT2D eigenvalue weighted by molar-refractivity contribution is -0.175. The van der Waals surface area contributed by atoms with Gasteiger partial charge in [-0.2, -0.15) is 8.42 Å². The molecule has 0 radical (unpaired) electrons. The molecule has 1 saturated heterocycles. The van der Waals surface area contributed by atoms with Gasteiger partial charge in [0.2, 0.25) is 0 Å². The zero-order valence-electron chi connectivity index (χ0n) is 13.3. The third-order valence-corrected chi connectivity index (χ3v) is 6.41. The van der Waals surface area contributed by atoms with Crippen LogP contribution in [0.5, 0.6) is 0 Å². The smallest absolute Gasteiger partial charge is 0.273 e. The van der Waals surface area contributed by atoms with Crippen molar-refractivity contribution in [1.82, 2.24) is 0 Å². The molecule has 0 bridgehead atoms. The van der Waals surface area contributed by atoms with E-state index in [2.05, 4.69) is 0 Å². The number of hydrogen-bond acceptors (Lipinski definition) is 6. The van der Waals surface area contributed by atoms with Gasteiger partial charge in [-0.15, -0.1) is 0 Å². The summed E-state index contributed by atoms with van der Waals surface area (Å²) < 4.78 is 39.6. The van der Waals surface area contributed by atoms with E-state index in [0.717, 1.165) is 32.1 Å². The van der Waals surface area contributed by atoms with Crippen molar-refractivity contribution in [3.8, 4) is 0 Å². The minimum Gasteiger partial charge on any atom is -0.391 e. The van der Waals surface area contributed by atoms with Crippen LogP contribution in [-0.4, -0.2) is 50.5 Å². The number of rotatable bonds is 10. The Labute approximate surface area is 133 Å². The number of unbranched alkanes of at least 4 members (excludes halogenated alkanes) is 1. The van der Waals surface area contributed by atoms with Crippen LogP contribution < -0.4 is 0 Å². The van der Waals surface area contributed by atoms with E-state index in [4.69, 9.17) is 13.7 Å². The minimum absolute atomic E-state index is 0.108. The van der Waals surface area contributed by atoms with E-state index >= 15 is 0 Å². The van der Waals surface area contributed by atoms with Gasteiger partial charge in [-0.3, -0.25) is 4.18 Å². The van der Waals surface area contributed by atoms with Crippen molar-refractivity contribution in [2.24, 2.45) is 0 Å². The molecule has 22 heavy (non-hydrogen) atoms. The Morgan fingerprint density at radius 3 is 2.73 bits per heavy atom. The van der Waals surface area contributed by atoms with Gasteiger partial charge in [0, 0.05) is 6.61 Å². The van der Waals surface area contributed by atoms with Crippen LogP contribution in [0.3, 0.4) is 0 Å². The Morgan fingerprint density at radius 1 is 1.36 bits per heavy atom. The third-order valence-electron chi connectivity index (χ3n) is 4.29. The van der Waals surface area contributed by atoms with Crippen molar-refractivity contribution < 1.29 is 27.2 Å². The van der Waals surface area contributed by atoms with Crippen LogP contribution in [0.1, 0.15) is 58.3 Å². The lowest BCUT2D eigenvalue weighted by Crippen LogP contribution is -2.34. The lowest BCUT2D eigenvalue weighted by atomic mass is 10.2. The van der Waals surface area contributed by atoms with Gasteiger partial charge in [-0.05, 0) is 44.9 Å². The molecule has 0 spiro atoms. The van der Waals surface area contributed by atoms with Gasteiger partial charge in [0.1, 0.15) is 4.75 Å². The molecule has 6 nitrogen and oxygen atoms in total. The van der Waals surface area contributed by atoms with Crippen molar-refractivity contribution in [1.29, 1.82) is 0 Å². The maximum Gasteiger partial charge on any atom is 0.273 e. The van der Waals surface area contributed by atoms with Crippen molar-refractivity contribution in [3.63, 3.8) is 0 Å². The van der Waals surface area contributed by atoms with Crippen LogP contribution in [0.2, 0.25) is 0 Å². The highest BCUT2D eigenvalue weighted by Crippen LogP contribution is 2.48. The molecule has 0 unspecified atom stereocenters. The van der Waals surface area contributed by atoms with Crippen molar-refractivity contribution in [2.45, 2.75) is 75.4 Å². The summed E-state index contributed by atoms with van der Waals surface area (Å²) in [5.74, 6) is 0. The lowest BCUT2D eigenvalue weighted by Gasteiger charge is -2.25. The maximum absolute atomic E-state index is 12.2. The summed E-state index contributed by atoms with van der Waals surface area (Å²) in [6.45, 7) is 3.00. The van der Waals surface area contributed by atoms with Crippen LogP contribution in [0, 0.1) is 0 Å². The molecular formula is C15H28O6S. The van der Waals surface area contributed by atoms with Gasteiger partial charge < -0.3 is 14.6 Å². The molecule has 0 aromatic carbocycles. The van der Waals surface area contributed by atoms with E-state index in [1.807, 2.05) is 6.92 Å². The highest BCUT2D eigenvalue weighted by molar-refractivity contribution is 7.88. The van der Waals surface area contributed by atoms with Gasteiger partial charge in [-0.25, -0.2) is 0 Å². The van der Waals surface area contributed by atoms with E-state index in [1.54, 1.807) is 0 Å². The summed E-state index contributed by atoms with van der Waals surface area (Å²) in [6, 6.07) is 0. The Kier molecular flexibility index (Phi) is 6.64. The molecule has 0 amide bonds. The fourth-order valence-corrected chi connectivity index (χ4v) is 4.27. The van der Waals surface area contributed by atoms with Crippen molar-refractivity contribution in [2.75, 3.05) is 19.8 Å². The molecule has 2 fully saturated rings. The molecule has 1 saturated carbocycles. The molecule has 1 aliphatic carbocycles. The van der Waals surface area contributed by atoms with Gasteiger partial charge in [0.25, 0.3) is 10.1 Å². The predicted molar refractivity (Wildman–Crippen MR) is 81.9 cm³/mol. The first-order valence-electron chi connectivity index (χ1n) is 8.29. The van der Waals surface area contributed by atoms with Crippen molar-refractivity contribution in [3.05, 3.63) is 0 Å². The third kappa shape index (κ3) is 4.89. The summed E-state index contributed by atoms with van der Waals surface area (Å²) in [5.41, 5.74) is 0. The van der Waals surface area contributed by atoms with Gasteiger partial charge >= 0.3 is 0 Å². The van der Waals surface area contributed by atoms with E-state index in [0.29, 0.717) is 19.4 Å². The quantitative estimate of drug-likeness (QED) is 0.485. The zero-order valence-corrected chi connectivity index (χ0v) is 14.1. The molecule has 1 N–H and O–H groups in total. The van der Waals surface area contributed by atoms with Crippen LogP contribution in [0.4, 0.5) is 0 Å². The molecule has 7 heteroatoms. The molecule has 130 valence electrons. The van der Waals surface area contributed by atoms with E-state index in [1.165, 1.54) is 0 Å². The Morgan fingerprint density at radius 2 is 2.14 bits per heavy atom. The SMILES string of the molecule is CCCCOS(=O)(=O)C1(C[C@H](O)CO[C@@H]2CCCCO2)CC1. The Balaban J connectivity index is 1.75. The fraction of sp³-hybridized carbons (Fsp3) is 1.00. The van der Waals surface area contributed by atoms with Gasteiger partial charge in [0.15, 0.2) is 6.29 Å². The van der Waals surface area contributed by atoms with E-state index < -0.39 is 21.0 Å². The number of aliphatic hydroxyl groups excluding tert-OH is 1. The van der Waals surface area contributed by atoms with Crippen LogP contribution >= 0.6 is 0 Å². The molecule has 1 aliphatic heterocycles.